The Morgan fingerprint density at radius 3 is 3.10 bits per heavy atom. The first-order valence-corrected chi connectivity index (χ1v) is 9.74. The summed E-state index contributed by atoms with van der Waals surface area (Å²) in [6.45, 7) is 1.80. The van der Waals surface area contributed by atoms with Gasteiger partial charge in [0.1, 0.15) is 12.4 Å². The standard InChI is InChI=1S/C21H23N5O3/c27-21(18-7-3-10-23-18)24-11-8-19-25-20(26-29-19)16-5-1-6-17(12-16)28-14-15-4-2-9-22-13-15/h1-2,4-6,9,12-13,18,23H,3,7-8,10-11,14H2,(H,24,27). The summed E-state index contributed by atoms with van der Waals surface area (Å²) < 4.78 is 11.1. The van der Waals surface area contributed by atoms with E-state index < -0.39 is 0 Å². The van der Waals surface area contributed by atoms with E-state index in [1.807, 2.05) is 36.4 Å². The summed E-state index contributed by atoms with van der Waals surface area (Å²) in [6, 6.07) is 11.3. The highest BCUT2D eigenvalue weighted by Crippen LogP contribution is 2.22. The van der Waals surface area contributed by atoms with Gasteiger partial charge in [-0.15, -0.1) is 0 Å². The van der Waals surface area contributed by atoms with Gasteiger partial charge in [-0.2, -0.15) is 4.98 Å². The number of aromatic nitrogens is 3. The molecule has 0 saturated carbocycles. The van der Waals surface area contributed by atoms with Gasteiger partial charge in [-0.1, -0.05) is 23.4 Å². The second-order valence-electron chi connectivity index (χ2n) is 6.88. The highest BCUT2D eigenvalue weighted by Gasteiger charge is 2.21. The lowest BCUT2D eigenvalue weighted by atomic mass is 10.2. The second-order valence-corrected chi connectivity index (χ2v) is 6.88. The topological polar surface area (TPSA) is 102 Å². The van der Waals surface area contributed by atoms with E-state index in [2.05, 4.69) is 25.8 Å². The van der Waals surface area contributed by atoms with E-state index in [1.54, 1.807) is 12.4 Å². The summed E-state index contributed by atoms with van der Waals surface area (Å²) in [4.78, 5) is 20.5. The first kappa shape index (κ1) is 19.1. The summed E-state index contributed by atoms with van der Waals surface area (Å²) in [7, 11) is 0. The van der Waals surface area contributed by atoms with Crippen LogP contribution < -0.4 is 15.4 Å². The Kier molecular flexibility index (Phi) is 6.11. The molecule has 0 radical (unpaired) electrons. The summed E-state index contributed by atoms with van der Waals surface area (Å²) in [5.74, 6) is 1.73. The molecule has 1 aromatic carbocycles. The molecule has 1 aliphatic rings. The fourth-order valence-electron chi connectivity index (χ4n) is 3.17. The van der Waals surface area contributed by atoms with Crippen LogP contribution in [0.3, 0.4) is 0 Å². The van der Waals surface area contributed by atoms with E-state index in [-0.39, 0.29) is 11.9 Å². The molecule has 3 heterocycles. The van der Waals surface area contributed by atoms with Gasteiger partial charge in [0.2, 0.25) is 17.6 Å². The van der Waals surface area contributed by atoms with Crippen molar-refractivity contribution in [2.75, 3.05) is 13.1 Å². The Hall–Kier alpha value is -3.26. The molecule has 1 fully saturated rings. The molecular formula is C21H23N5O3. The van der Waals surface area contributed by atoms with Crippen molar-refractivity contribution in [3.05, 3.63) is 60.2 Å². The van der Waals surface area contributed by atoms with E-state index in [1.165, 1.54) is 0 Å². The van der Waals surface area contributed by atoms with E-state index >= 15 is 0 Å². The maximum Gasteiger partial charge on any atom is 0.237 e. The lowest BCUT2D eigenvalue weighted by Crippen LogP contribution is -2.41. The van der Waals surface area contributed by atoms with Crippen molar-refractivity contribution >= 4 is 5.91 Å². The Balaban J connectivity index is 1.31. The van der Waals surface area contributed by atoms with Crippen LogP contribution in [0.2, 0.25) is 0 Å². The number of benzene rings is 1. The van der Waals surface area contributed by atoms with Crippen molar-refractivity contribution in [1.29, 1.82) is 0 Å². The zero-order valence-corrected chi connectivity index (χ0v) is 16.0. The minimum atomic E-state index is -0.0809. The molecule has 1 amide bonds. The smallest absolute Gasteiger partial charge is 0.237 e. The molecule has 1 aliphatic heterocycles. The van der Waals surface area contributed by atoms with Crippen LogP contribution in [0.25, 0.3) is 11.4 Å². The average molecular weight is 393 g/mol. The quantitative estimate of drug-likeness (QED) is 0.604. The van der Waals surface area contributed by atoms with Gasteiger partial charge in [0.15, 0.2) is 0 Å². The number of amides is 1. The molecular weight excluding hydrogens is 370 g/mol. The molecule has 8 heteroatoms. The molecule has 0 bridgehead atoms. The Labute approximate surface area is 168 Å². The van der Waals surface area contributed by atoms with Gasteiger partial charge >= 0.3 is 0 Å². The number of ether oxygens (including phenoxy) is 1. The van der Waals surface area contributed by atoms with E-state index in [4.69, 9.17) is 9.26 Å². The van der Waals surface area contributed by atoms with Gasteiger partial charge in [0.25, 0.3) is 0 Å². The van der Waals surface area contributed by atoms with Crippen molar-refractivity contribution in [2.45, 2.75) is 31.9 Å². The largest absolute Gasteiger partial charge is 0.489 e. The van der Waals surface area contributed by atoms with Crippen LogP contribution in [0, 0.1) is 0 Å². The number of nitrogens with one attached hydrogen (secondary N) is 2. The zero-order chi connectivity index (χ0) is 19.9. The lowest BCUT2D eigenvalue weighted by Gasteiger charge is -2.09. The van der Waals surface area contributed by atoms with Crippen LogP contribution in [0.15, 0.2) is 53.3 Å². The predicted octanol–water partition coefficient (Wildman–Crippen LogP) is 2.12. The number of carbonyl (C=O) groups excluding carboxylic acids is 1. The third-order valence-electron chi connectivity index (χ3n) is 4.70. The zero-order valence-electron chi connectivity index (χ0n) is 16.0. The normalized spacial score (nSPS) is 15.9. The highest BCUT2D eigenvalue weighted by atomic mass is 16.5. The molecule has 1 unspecified atom stereocenters. The molecule has 150 valence electrons. The summed E-state index contributed by atoms with van der Waals surface area (Å²) in [5.41, 5.74) is 1.80. The van der Waals surface area contributed by atoms with E-state index in [0.29, 0.717) is 37.0 Å². The second kappa shape index (κ2) is 9.29. The predicted molar refractivity (Wildman–Crippen MR) is 106 cm³/mol. The van der Waals surface area contributed by atoms with Crippen LogP contribution in [0.1, 0.15) is 24.3 Å². The van der Waals surface area contributed by atoms with Crippen molar-refractivity contribution in [1.82, 2.24) is 25.8 Å². The summed E-state index contributed by atoms with van der Waals surface area (Å²) in [5, 5.41) is 10.1. The molecule has 4 rings (SSSR count). The fourth-order valence-corrected chi connectivity index (χ4v) is 3.17. The number of pyridine rings is 1. The van der Waals surface area contributed by atoms with Crippen LogP contribution in [-0.2, 0) is 17.8 Å². The van der Waals surface area contributed by atoms with Crippen LogP contribution in [0.5, 0.6) is 5.75 Å². The first-order valence-electron chi connectivity index (χ1n) is 9.74. The highest BCUT2D eigenvalue weighted by molar-refractivity contribution is 5.81. The molecule has 0 aliphatic carbocycles. The van der Waals surface area contributed by atoms with Gasteiger partial charge in [-0.25, -0.2) is 0 Å². The minimum Gasteiger partial charge on any atom is -0.489 e. The SMILES string of the molecule is O=C(NCCc1nc(-c2cccc(OCc3cccnc3)c2)no1)C1CCCN1. The maximum atomic E-state index is 12.0. The van der Waals surface area contributed by atoms with Crippen LogP contribution in [-0.4, -0.2) is 40.2 Å². The Morgan fingerprint density at radius 1 is 1.31 bits per heavy atom. The number of carbonyl (C=O) groups is 1. The Morgan fingerprint density at radius 2 is 2.28 bits per heavy atom. The van der Waals surface area contributed by atoms with Crippen molar-refractivity contribution in [3.63, 3.8) is 0 Å². The molecule has 2 aromatic heterocycles. The molecule has 1 atom stereocenters. The third-order valence-corrected chi connectivity index (χ3v) is 4.70. The fraction of sp³-hybridized carbons (Fsp3) is 0.333. The minimum absolute atomic E-state index is 0.0284. The summed E-state index contributed by atoms with van der Waals surface area (Å²) >= 11 is 0. The molecule has 8 nitrogen and oxygen atoms in total. The van der Waals surface area contributed by atoms with Crippen LogP contribution >= 0.6 is 0 Å². The van der Waals surface area contributed by atoms with Crippen molar-refractivity contribution < 1.29 is 14.1 Å². The number of hydrogen-bond acceptors (Lipinski definition) is 7. The molecule has 3 aromatic rings. The van der Waals surface area contributed by atoms with Crippen LogP contribution in [0.4, 0.5) is 0 Å². The Bertz CT molecular complexity index is 938. The van der Waals surface area contributed by atoms with Gasteiger partial charge in [-0.05, 0) is 37.6 Å². The van der Waals surface area contributed by atoms with Gasteiger partial charge in [-0.3, -0.25) is 9.78 Å². The van der Waals surface area contributed by atoms with Gasteiger partial charge in [0, 0.05) is 36.5 Å². The van der Waals surface area contributed by atoms with E-state index in [0.717, 1.165) is 30.5 Å². The molecule has 1 saturated heterocycles. The van der Waals surface area contributed by atoms with E-state index in [9.17, 15) is 4.79 Å². The number of hydrogen-bond donors (Lipinski definition) is 2. The maximum absolute atomic E-state index is 12.0. The molecule has 29 heavy (non-hydrogen) atoms. The first-order chi connectivity index (χ1) is 14.3. The molecule has 0 spiro atoms. The lowest BCUT2D eigenvalue weighted by molar-refractivity contribution is -0.122. The number of nitrogens with zero attached hydrogens (tertiary/aromatic N) is 3. The molecule has 2 N–H and O–H groups in total. The number of rotatable bonds is 8. The van der Waals surface area contributed by atoms with Crippen molar-refractivity contribution in [3.8, 4) is 17.1 Å². The van der Waals surface area contributed by atoms with Gasteiger partial charge < -0.3 is 19.9 Å². The van der Waals surface area contributed by atoms with Gasteiger partial charge in [0.05, 0.1) is 6.04 Å². The monoisotopic (exact) mass is 393 g/mol. The van der Waals surface area contributed by atoms with Crippen molar-refractivity contribution in [2.24, 2.45) is 0 Å². The summed E-state index contributed by atoms with van der Waals surface area (Å²) in [6.07, 6.45) is 5.92. The average Bonchev–Trinajstić information content (AvgIpc) is 3.46. The third kappa shape index (κ3) is 5.17.